The number of unbranched alkanes of at least 4 members (excludes halogenated alkanes) is 8. The van der Waals surface area contributed by atoms with Crippen molar-refractivity contribution in [2.45, 2.75) is 111 Å². The molecule has 0 heterocycles. The van der Waals surface area contributed by atoms with Gasteiger partial charge in [0.2, 0.25) is 0 Å². The van der Waals surface area contributed by atoms with E-state index < -0.39 is 0 Å². The molecule has 0 radical (unpaired) electrons. The summed E-state index contributed by atoms with van der Waals surface area (Å²) in [6.45, 7) is 9.49. The highest BCUT2D eigenvalue weighted by molar-refractivity contribution is 4.66. The third-order valence-corrected chi connectivity index (χ3v) is 4.77. The predicted molar refractivity (Wildman–Crippen MR) is 89.7 cm³/mol. The van der Waals surface area contributed by atoms with E-state index in [1.807, 2.05) is 0 Å². The van der Waals surface area contributed by atoms with Crippen LogP contribution in [0.2, 0.25) is 0 Å². The van der Waals surface area contributed by atoms with Crippen molar-refractivity contribution in [2.24, 2.45) is 11.8 Å². The smallest absolute Gasteiger partial charge is 0.0391 e. The molecule has 2 atom stereocenters. The van der Waals surface area contributed by atoms with Crippen molar-refractivity contribution in [1.29, 1.82) is 0 Å². The Balaban J connectivity index is 3.56. The van der Waals surface area contributed by atoms with Gasteiger partial charge in [-0.2, -0.15) is 0 Å². The fraction of sp³-hybridized carbons (Fsp3) is 1.00. The largest absolute Gasteiger partial charge is 0.0654 e. The molecule has 0 aromatic heterocycles. The average Bonchev–Trinajstić information content (AvgIpc) is 2.42. The van der Waals surface area contributed by atoms with E-state index in [2.05, 4.69) is 27.7 Å². The first-order valence-corrected chi connectivity index (χ1v) is 9.26. The molecule has 116 valence electrons. The summed E-state index contributed by atoms with van der Waals surface area (Å²) in [5.41, 5.74) is 0. The van der Waals surface area contributed by atoms with Crippen LogP contribution < -0.4 is 0 Å². The third-order valence-electron chi connectivity index (χ3n) is 4.77. The van der Waals surface area contributed by atoms with E-state index in [0.717, 1.165) is 11.8 Å². The molecule has 0 aliphatic carbocycles. The molecule has 0 saturated heterocycles. The monoisotopic (exact) mass is 268 g/mol. The first-order chi connectivity index (χ1) is 9.26. The predicted octanol–water partition coefficient (Wildman–Crippen LogP) is 7.37. The zero-order valence-corrected chi connectivity index (χ0v) is 14.3. The molecule has 0 saturated carbocycles. The molecule has 0 aromatic rings. The Labute approximate surface area is 123 Å². The van der Waals surface area contributed by atoms with Gasteiger partial charge in [-0.3, -0.25) is 0 Å². The van der Waals surface area contributed by atoms with Gasteiger partial charge in [0.25, 0.3) is 0 Å². The van der Waals surface area contributed by atoms with Gasteiger partial charge in [-0.15, -0.1) is 0 Å². The van der Waals surface area contributed by atoms with Crippen LogP contribution >= 0.6 is 0 Å². The van der Waals surface area contributed by atoms with Crippen LogP contribution in [0, 0.1) is 11.8 Å². The van der Waals surface area contributed by atoms with Crippen LogP contribution in [0.1, 0.15) is 111 Å². The van der Waals surface area contributed by atoms with Crippen LogP contribution in [0.15, 0.2) is 0 Å². The molecular weight excluding hydrogens is 228 g/mol. The van der Waals surface area contributed by atoms with Crippen LogP contribution in [0.25, 0.3) is 0 Å². The Kier molecular flexibility index (Phi) is 14.4. The van der Waals surface area contributed by atoms with E-state index in [-0.39, 0.29) is 0 Å². The molecule has 0 N–H and O–H groups in total. The maximum Gasteiger partial charge on any atom is -0.0391 e. The van der Waals surface area contributed by atoms with Gasteiger partial charge < -0.3 is 0 Å². The van der Waals surface area contributed by atoms with Crippen LogP contribution in [-0.4, -0.2) is 0 Å². The van der Waals surface area contributed by atoms with Crippen molar-refractivity contribution in [2.75, 3.05) is 0 Å². The van der Waals surface area contributed by atoms with Gasteiger partial charge in [0.1, 0.15) is 0 Å². The standard InChI is InChI=1S/C19H40/c1-5-8-10-12-13-15-17-19(7-3)18(4)16-14-11-9-6-2/h18-19H,5-17H2,1-4H3. The molecule has 0 aliphatic rings. The highest BCUT2D eigenvalue weighted by atomic mass is 14.2. The lowest BCUT2D eigenvalue weighted by Crippen LogP contribution is -2.11. The van der Waals surface area contributed by atoms with Gasteiger partial charge >= 0.3 is 0 Å². The van der Waals surface area contributed by atoms with E-state index >= 15 is 0 Å². The fourth-order valence-electron chi connectivity index (χ4n) is 3.21. The topological polar surface area (TPSA) is 0 Å². The van der Waals surface area contributed by atoms with E-state index in [0.29, 0.717) is 0 Å². The summed E-state index contributed by atoms with van der Waals surface area (Å²) in [6.07, 6.45) is 18.7. The van der Waals surface area contributed by atoms with Crippen LogP contribution in [0.3, 0.4) is 0 Å². The van der Waals surface area contributed by atoms with Gasteiger partial charge in [-0.25, -0.2) is 0 Å². The van der Waals surface area contributed by atoms with Gasteiger partial charge in [0, 0.05) is 0 Å². The maximum absolute atomic E-state index is 2.50. The summed E-state index contributed by atoms with van der Waals surface area (Å²) in [6, 6.07) is 0. The number of hydrogen-bond donors (Lipinski definition) is 0. The summed E-state index contributed by atoms with van der Waals surface area (Å²) in [5, 5.41) is 0. The van der Waals surface area contributed by atoms with E-state index in [9.17, 15) is 0 Å². The lowest BCUT2D eigenvalue weighted by molar-refractivity contribution is 0.291. The van der Waals surface area contributed by atoms with Crippen LogP contribution in [0.5, 0.6) is 0 Å². The molecule has 0 nitrogen and oxygen atoms in total. The van der Waals surface area contributed by atoms with Crippen molar-refractivity contribution in [3.63, 3.8) is 0 Å². The second-order valence-corrected chi connectivity index (χ2v) is 6.55. The second kappa shape index (κ2) is 14.4. The molecule has 0 rings (SSSR count). The SMILES string of the molecule is CCCCCCCCC(CC)C(C)CCCCCC. The van der Waals surface area contributed by atoms with Gasteiger partial charge in [-0.1, -0.05) is 111 Å². The molecule has 0 aromatic carbocycles. The summed E-state index contributed by atoms with van der Waals surface area (Å²) < 4.78 is 0. The molecule has 0 amide bonds. The lowest BCUT2D eigenvalue weighted by atomic mass is 9.83. The molecule has 0 fully saturated rings. The third kappa shape index (κ3) is 11.5. The minimum Gasteiger partial charge on any atom is -0.0654 e. The molecule has 0 aliphatic heterocycles. The second-order valence-electron chi connectivity index (χ2n) is 6.55. The highest BCUT2D eigenvalue weighted by Gasteiger charge is 2.14. The van der Waals surface area contributed by atoms with E-state index in [4.69, 9.17) is 0 Å². The molecule has 2 unspecified atom stereocenters. The molecule has 0 spiro atoms. The van der Waals surface area contributed by atoms with Gasteiger partial charge in [0.15, 0.2) is 0 Å². The van der Waals surface area contributed by atoms with Crippen molar-refractivity contribution >= 4 is 0 Å². The first-order valence-electron chi connectivity index (χ1n) is 9.26. The van der Waals surface area contributed by atoms with E-state index in [1.54, 1.807) is 0 Å². The summed E-state index contributed by atoms with van der Waals surface area (Å²) in [5.74, 6) is 1.95. The van der Waals surface area contributed by atoms with Crippen molar-refractivity contribution < 1.29 is 0 Å². The average molecular weight is 269 g/mol. The molecule has 0 bridgehead atoms. The lowest BCUT2D eigenvalue weighted by Gasteiger charge is -2.22. The van der Waals surface area contributed by atoms with E-state index in [1.165, 1.54) is 83.5 Å². The Bertz CT molecular complexity index is 161. The van der Waals surface area contributed by atoms with Crippen LogP contribution in [0.4, 0.5) is 0 Å². The molecule has 19 heavy (non-hydrogen) atoms. The zero-order chi connectivity index (χ0) is 14.3. The Hall–Kier alpha value is 0. The van der Waals surface area contributed by atoms with Gasteiger partial charge in [-0.05, 0) is 11.8 Å². The summed E-state index contributed by atoms with van der Waals surface area (Å²) in [4.78, 5) is 0. The normalized spacial score (nSPS) is 14.5. The highest BCUT2D eigenvalue weighted by Crippen LogP contribution is 2.27. The van der Waals surface area contributed by atoms with Crippen molar-refractivity contribution in [3.05, 3.63) is 0 Å². The Morgan fingerprint density at radius 1 is 0.579 bits per heavy atom. The molecule has 0 heteroatoms. The maximum atomic E-state index is 2.50. The van der Waals surface area contributed by atoms with Gasteiger partial charge in [0.05, 0.1) is 0 Å². The minimum absolute atomic E-state index is 0.956. The Morgan fingerprint density at radius 2 is 1.05 bits per heavy atom. The number of rotatable bonds is 14. The zero-order valence-electron chi connectivity index (χ0n) is 14.3. The summed E-state index contributed by atoms with van der Waals surface area (Å²) in [7, 11) is 0. The molecular formula is C19H40. The fourth-order valence-corrected chi connectivity index (χ4v) is 3.21. The van der Waals surface area contributed by atoms with Crippen molar-refractivity contribution in [1.82, 2.24) is 0 Å². The quantitative estimate of drug-likeness (QED) is 0.288. The first kappa shape index (κ1) is 19.0. The number of hydrogen-bond acceptors (Lipinski definition) is 0. The van der Waals surface area contributed by atoms with Crippen molar-refractivity contribution in [3.8, 4) is 0 Å². The minimum atomic E-state index is 0.956. The summed E-state index contributed by atoms with van der Waals surface area (Å²) >= 11 is 0. The Morgan fingerprint density at radius 3 is 1.63 bits per heavy atom. The van der Waals surface area contributed by atoms with Crippen LogP contribution in [-0.2, 0) is 0 Å².